The number of likely N-dealkylation sites (N-methyl/N-ethyl adjacent to an activating group) is 1. The third kappa shape index (κ3) is 6.72. The minimum absolute atomic E-state index is 0.0160. The highest BCUT2D eigenvalue weighted by atomic mass is 16.5. The molecule has 2 heterocycles. The molecule has 6 heteroatoms. The van der Waals surface area contributed by atoms with Gasteiger partial charge < -0.3 is 19.4 Å². The molecule has 4 rings (SSSR count). The van der Waals surface area contributed by atoms with Crippen molar-refractivity contribution in [3.8, 4) is 0 Å². The Bertz CT molecular complexity index is 1210. The van der Waals surface area contributed by atoms with E-state index in [1.165, 1.54) is 31.2 Å². The molecule has 1 saturated carbocycles. The molecule has 0 unspecified atom stereocenters. The van der Waals surface area contributed by atoms with Crippen LogP contribution in [0.1, 0.15) is 90.4 Å². The fraction of sp³-hybridized carbons (Fsp3) is 0.500. The van der Waals surface area contributed by atoms with E-state index in [4.69, 9.17) is 4.74 Å². The summed E-state index contributed by atoms with van der Waals surface area (Å²) in [5.74, 6) is -0.00173. The SMILES string of the molecule is CCOCCN(CC)C(=O)c1ccn2c(C(=O)c3ccc(CCCNC4CCCC4)cc3)c(CC)cc2c1. The van der Waals surface area contributed by atoms with Crippen LogP contribution in [0.3, 0.4) is 0 Å². The number of aromatic nitrogens is 1. The number of nitrogens with one attached hydrogen (secondary N) is 1. The molecular formula is C32H43N3O3. The van der Waals surface area contributed by atoms with Gasteiger partial charge in [0.1, 0.15) is 0 Å². The minimum Gasteiger partial charge on any atom is -0.380 e. The molecule has 0 bridgehead atoms. The summed E-state index contributed by atoms with van der Waals surface area (Å²) in [6, 6.07) is 14.5. The Morgan fingerprint density at radius 2 is 1.79 bits per heavy atom. The molecule has 3 aromatic rings. The van der Waals surface area contributed by atoms with Gasteiger partial charge in [-0.05, 0) is 81.8 Å². The second kappa shape index (κ2) is 13.7. The summed E-state index contributed by atoms with van der Waals surface area (Å²) in [6.45, 7) is 9.39. The van der Waals surface area contributed by atoms with E-state index in [9.17, 15) is 9.59 Å². The fourth-order valence-electron chi connectivity index (χ4n) is 5.49. The Hall–Kier alpha value is -2.96. The van der Waals surface area contributed by atoms with Crippen LogP contribution in [0, 0.1) is 0 Å². The van der Waals surface area contributed by atoms with Crippen LogP contribution in [0.2, 0.25) is 0 Å². The third-order valence-corrected chi connectivity index (χ3v) is 7.72. The summed E-state index contributed by atoms with van der Waals surface area (Å²) >= 11 is 0. The van der Waals surface area contributed by atoms with E-state index < -0.39 is 0 Å². The number of hydrogen-bond acceptors (Lipinski definition) is 4. The number of benzene rings is 1. The maximum atomic E-state index is 13.6. The van der Waals surface area contributed by atoms with Gasteiger partial charge in [-0.2, -0.15) is 0 Å². The monoisotopic (exact) mass is 517 g/mol. The lowest BCUT2D eigenvalue weighted by Crippen LogP contribution is -2.33. The average molecular weight is 518 g/mol. The molecule has 1 fully saturated rings. The van der Waals surface area contributed by atoms with Crippen LogP contribution in [0.5, 0.6) is 0 Å². The Kier molecular flexibility index (Phi) is 10.1. The zero-order valence-corrected chi connectivity index (χ0v) is 23.3. The molecular weight excluding hydrogens is 474 g/mol. The molecule has 1 amide bonds. The van der Waals surface area contributed by atoms with E-state index in [1.54, 1.807) is 4.90 Å². The smallest absolute Gasteiger partial charge is 0.254 e. The number of pyridine rings is 1. The van der Waals surface area contributed by atoms with E-state index in [0.717, 1.165) is 36.9 Å². The standard InChI is InChI=1S/C32H43N3O3/c1-4-25-22-29-23-27(32(37)34(5-2)20-21-38-6-3)17-19-35(29)30(25)31(36)26-15-13-24(14-16-26)10-9-18-33-28-11-7-8-12-28/h13-17,19,22-23,28,33H,4-12,18,20-21H2,1-3H3. The topological polar surface area (TPSA) is 63.1 Å². The molecule has 0 atom stereocenters. The second-order valence-electron chi connectivity index (χ2n) is 10.2. The normalized spacial score (nSPS) is 13.9. The van der Waals surface area contributed by atoms with Crippen molar-refractivity contribution in [3.63, 3.8) is 0 Å². The Labute approximate surface area is 227 Å². The van der Waals surface area contributed by atoms with Crippen molar-refractivity contribution in [2.45, 2.75) is 71.8 Å². The van der Waals surface area contributed by atoms with Gasteiger partial charge in [0.2, 0.25) is 5.78 Å². The van der Waals surface area contributed by atoms with Crippen LogP contribution in [0.25, 0.3) is 5.52 Å². The molecule has 1 aliphatic carbocycles. The van der Waals surface area contributed by atoms with E-state index in [1.807, 2.05) is 54.8 Å². The molecule has 0 aliphatic heterocycles. The molecule has 0 radical (unpaired) electrons. The van der Waals surface area contributed by atoms with Crippen LogP contribution in [-0.2, 0) is 17.6 Å². The maximum Gasteiger partial charge on any atom is 0.254 e. The number of carbonyl (C=O) groups excluding carboxylic acids is 2. The number of carbonyl (C=O) groups is 2. The van der Waals surface area contributed by atoms with Crippen molar-refractivity contribution >= 4 is 17.2 Å². The molecule has 0 spiro atoms. The lowest BCUT2D eigenvalue weighted by Gasteiger charge is -2.21. The van der Waals surface area contributed by atoms with Crippen LogP contribution < -0.4 is 5.32 Å². The number of ether oxygens (including phenoxy) is 1. The van der Waals surface area contributed by atoms with E-state index in [2.05, 4.69) is 24.4 Å². The fourth-order valence-corrected chi connectivity index (χ4v) is 5.49. The second-order valence-corrected chi connectivity index (χ2v) is 10.2. The number of aryl methyl sites for hydroxylation is 2. The Morgan fingerprint density at radius 3 is 2.47 bits per heavy atom. The van der Waals surface area contributed by atoms with E-state index >= 15 is 0 Å². The summed E-state index contributed by atoms with van der Waals surface area (Å²) < 4.78 is 7.36. The van der Waals surface area contributed by atoms with Gasteiger partial charge in [-0.25, -0.2) is 0 Å². The largest absolute Gasteiger partial charge is 0.380 e. The first-order valence-corrected chi connectivity index (χ1v) is 14.4. The Balaban J connectivity index is 1.45. The first kappa shape index (κ1) is 28.1. The van der Waals surface area contributed by atoms with E-state index in [0.29, 0.717) is 49.2 Å². The van der Waals surface area contributed by atoms with Crippen molar-refractivity contribution in [2.75, 3.05) is 32.8 Å². The van der Waals surface area contributed by atoms with Crippen LogP contribution >= 0.6 is 0 Å². The molecule has 6 nitrogen and oxygen atoms in total. The van der Waals surface area contributed by atoms with Crippen LogP contribution in [0.15, 0.2) is 48.7 Å². The van der Waals surface area contributed by atoms with Crippen molar-refractivity contribution in [3.05, 3.63) is 76.6 Å². The quantitative estimate of drug-likeness (QED) is 0.220. The van der Waals surface area contributed by atoms with Gasteiger partial charge in [0, 0.05) is 48.6 Å². The zero-order chi connectivity index (χ0) is 26.9. The Morgan fingerprint density at radius 1 is 1.03 bits per heavy atom. The van der Waals surface area contributed by atoms with Gasteiger partial charge in [-0.1, -0.05) is 44.0 Å². The highest BCUT2D eigenvalue weighted by Gasteiger charge is 2.21. The first-order chi connectivity index (χ1) is 18.5. The van der Waals surface area contributed by atoms with Crippen LogP contribution in [0.4, 0.5) is 0 Å². The molecule has 0 saturated heterocycles. The summed E-state index contributed by atoms with van der Waals surface area (Å²) in [5.41, 5.74) is 5.12. The molecule has 1 aromatic carbocycles. The van der Waals surface area contributed by atoms with Crippen molar-refractivity contribution < 1.29 is 14.3 Å². The van der Waals surface area contributed by atoms with Crippen molar-refractivity contribution in [1.82, 2.24) is 14.6 Å². The third-order valence-electron chi connectivity index (χ3n) is 7.72. The highest BCUT2D eigenvalue weighted by Crippen LogP contribution is 2.23. The zero-order valence-electron chi connectivity index (χ0n) is 23.3. The van der Waals surface area contributed by atoms with Gasteiger partial charge >= 0.3 is 0 Å². The summed E-state index contributed by atoms with van der Waals surface area (Å²) in [7, 11) is 0. The van der Waals surface area contributed by atoms with Gasteiger partial charge in [-0.3, -0.25) is 9.59 Å². The van der Waals surface area contributed by atoms with Gasteiger partial charge in [0.15, 0.2) is 0 Å². The first-order valence-electron chi connectivity index (χ1n) is 14.4. The van der Waals surface area contributed by atoms with Gasteiger partial charge in [0.05, 0.1) is 12.3 Å². The van der Waals surface area contributed by atoms with E-state index in [-0.39, 0.29) is 11.7 Å². The molecule has 2 aromatic heterocycles. The number of amides is 1. The number of rotatable bonds is 14. The predicted octanol–water partition coefficient (Wildman–Crippen LogP) is 5.70. The number of fused-ring (bicyclic) bond motifs is 1. The van der Waals surface area contributed by atoms with Gasteiger partial charge in [0.25, 0.3) is 5.91 Å². The van der Waals surface area contributed by atoms with Crippen LogP contribution in [-0.4, -0.2) is 59.9 Å². The summed E-state index contributed by atoms with van der Waals surface area (Å²) in [4.78, 5) is 28.5. The predicted molar refractivity (Wildman–Crippen MR) is 153 cm³/mol. The lowest BCUT2D eigenvalue weighted by atomic mass is 10.0. The average Bonchev–Trinajstić information content (AvgIpc) is 3.60. The molecule has 1 N–H and O–H groups in total. The minimum atomic E-state index is -0.0177. The number of hydrogen-bond donors (Lipinski definition) is 1. The van der Waals surface area contributed by atoms with Gasteiger partial charge in [-0.15, -0.1) is 0 Å². The molecule has 1 aliphatic rings. The van der Waals surface area contributed by atoms with Crippen molar-refractivity contribution in [2.24, 2.45) is 0 Å². The summed E-state index contributed by atoms with van der Waals surface area (Å²) in [5, 5.41) is 3.67. The number of ketones is 1. The molecule has 38 heavy (non-hydrogen) atoms. The number of nitrogens with zero attached hydrogens (tertiary/aromatic N) is 2. The maximum absolute atomic E-state index is 13.6. The summed E-state index contributed by atoms with van der Waals surface area (Å²) in [6.07, 6.45) is 10.1. The van der Waals surface area contributed by atoms with Crippen molar-refractivity contribution in [1.29, 1.82) is 0 Å². The molecule has 204 valence electrons. The lowest BCUT2D eigenvalue weighted by molar-refractivity contribution is 0.0669. The highest BCUT2D eigenvalue weighted by molar-refractivity contribution is 6.10.